The Morgan fingerprint density at radius 2 is 1.65 bits per heavy atom. The van der Waals surface area contributed by atoms with Crippen LogP contribution >= 0.6 is 7.82 Å². The van der Waals surface area contributed by atoms with Crippen LogP contribution in [0, 0.1) is 0 Å². The third-order valence-corrected chi connectivity index (χ3v) is 2.61. The van der Waals surface area contributed by atoms with E-state index in [1.807, 2.05) is 5.32 Å². The van der Waals surface area contributed by atoms with Gasteiger partial charge in [0.2, 0.25) is 5.91 Å². The van der Waals surface area contributed by atoms with Crippen LogP contribution in [0.4, 0.5) is 0 Å². The van der Waals surface area contributed by atoms with E-state index < -0.39 is 44.4 Å². The molecular weight excluding hydrogens is 301 g/mol. The number of phosphoric ester groups is 1. The first kappa shape index (κ1) is 19.1. The Morgan fingerprint density at radius 3 is 2.00 bits per heavy atom. The maximum atomic E-state index is 10.7. The van der Waals surface area contributed by atoms with Crippen molar-refractivity contribution in [3.8, 4) is 0 Å². The van der Waals surface area contributed by atoms with Gasteiger partial charge in [0, 0.05) is 6.92 Å². The molecule has 7 N–H and O–H groups in total. The second kappa shape index (κ2) is 7.76. The summed E-state index contributed by atoms with van der Waals surface area (Å²) in [6, 6.07) is -1.60. The summed E-state index contributed by atoms with van der Waals surface area (Å²) in [4.78, 5) is 38.1. The lowest BCUT2D eigenvalue weighted by atomic mass is 10.0. The number of aliphatic hydroxyl groups excluding tert-OH is 4. The first-order valence-electron chi connectivity index (χ1n) is 5.18. The van der Waals surface area contributed by atoms with E-state index in [0.717, 1.165) is 6.92 Å². The first-order chi connectivity index (χ1) is 8.99. The molecule has 11 nitrogen and oxygen atoms in total. The second-order valence-corrected chi connectivity index (χ2v) is 5.01. The van der Waals surface area contributed by atoms with Gasteiger partial charge in [-0.1, -0.05) is 0 Å². The molecule has 0 aliphatic heterocycles. The van der Waals surface area contributed by atoms with E-state index in [-0.39, 0.29) is 6.29 Å². The number of carbonyl (C=O) groups is 2. The minimum atomic E-state index is -5.14. The van der Waals surface area contributed by atoms with E-state index >= 15 is 0 Å². The van der Waals surface area contributed by atoms with Crippen LogP contribution in [0.25, 0.3) is 0 Å². The van der Waals surface area contributed by atoms with Gasteiger partial charge < -0.3 is 40.3 Å². The number of aldehydes is 1. The maximum Gasteiger partial charge on any atom is 0.472 e. The quantitative estimate of drug-likeness (QED) is 0.132. The van der Waals surface area contributed by atoms with Crippen LogP contribution in [0.2, 0.25) is 0 Å². The zero-order valence-corrected chi connectivity index (χ0v) is 11.1. The van der Waals surface area contributed by atoms with Gasteiger partial charge in [0.25, 0.3) is 0 Å². The van der Waals surface area contributed by atoms with Crippen molar-refractivity contribution < 1.29 is 48.9 Å². The van der Waals surface area contributed by atoms with Gasteiger partial charge in [-0.05, 0) is 0 Å². The predicted molar refractivity (Wildman–Crippen MR) is 60.8 cm³/mol. The van der Waals surface area contributed by atoms with Gasteiger partial charge in [0.1, 0.15) is 30.6 Å². The number of hydrogen-bond donors (Lipinski definition) is 7. The lowest BCUT2D eigenvalue weighted by molar-refractivity contribution is -0.174. The normalized spacial score (nSPS) is 19.6. The molecule has 0 rings (SSSR count). The predicted octanol–water partition coefficient (Wildman–Crippen LogP) is -3.80. The second-order valence-electron chi connectivity index (χ2n) is 3.82. The molecule has 0 radical (unpaired) electrons. The lowest BCUT2D eigenvalue weighted by Gasteiger charge is -2.29. The number of hydrogen-bond acceptors (Lipinski definition) is 8. The molecule has 0 aromatic rings. The Morgan fingerprint density at radius 1 is 1.15 bits per heavy atom. The average molecular weight is 317 g/mol. The van der Waals surface area contributed by atoms with Gasteiger partial charge in [-0.15, -0.1) is 0 Å². The molecule has 0 saturated carbocycles. The van der Waals surface area contributed by atoms with Gasteiger partial charge in [-0.2, -0.15) is 0 Å². The molecule has 0 bridgehead atoms. The molecule has 0 fully saturated rings. The lowest BCUT2D eigenvalue weighted by Crippen LogP contribution is -2.54. The Kier molecular flexibility index (Phi) is 7.41. The van der Waals surface area contributed by atoms with E-state index in [1.54, 1.807) is 0 Å². The highest BCUT2D eigenvalue weighted by atomic mass is 31.2. The summed E-state index contributed by atoms with van der Waals surface area (Å²) in [5, 5.41) is 39.4. The summed E-state index contributed by atoms with van der Waals surface area (Å²) in [7, 11) is -5.14. The van der Waals surface area contributed by atoms with Crippen LogP contribution in [-0.4, -0.2) is 73.1 Å². The highest BCUT2D eigenvalue weighted by Crippen LogP contribution is 2.37. The highest BCUT2D eigenvalue weighted by molar-refractivity contribution is 7.46. The molecule has 0 saturated heterocycles. The summed E-state index contributed by atoms with van der Waals surface area (Å²) >= 11 is 0. The smallest absolute Gasteiger partial charge is 0.388 e. The average Bonchev–Trinajstić information content (AvgIpc) is 2.30. The van der Waals surface area contributed by atoms with Crippen LogP contribution in [0.1, 0.15) is 6.92 Å². The fraction of sp³-hybridized carbons (Fsp3) is 0.750. The zero-order valence-electron chi connectivity index (χ0n) is 10.2. The molecule has 0 aliphatic rings. The van der Waals surface area contributed by atoms with Crippen molar-refractivity contribution in [3.63, 3.8) is 0 Å². The van der Waals surface area contributed by atoms with Gasteiger partial charge in [-0.3, -0.25) is 9.32 Å². The van der Waals surface area contributed by atoms with Crippen LogP contribution in [-0.2, 0) is 18.7 Å². The molecule has 118 valence electrons. The number of amides is 1. The topological polar surface area (TPSA) is 194 Å². The summed E-state index contributed by atoms with van der Waals surface area (Å²) in [6.07, 6.45) is -9.06. The van der Waals surface area contributed by atoms with Crippen molar-refractivity contribution in [3.05, 3.63) is 0 Å². The fourth-order valence-electron chi connectivity index (χ4n) is 1.22. The summed E-state index contributed by atoms with van der Waals surface area (Å²) < 4.78 is 14.1. The Bertz CT molecular complexity index is 383. The third kappa shape index (κ3) is 6.50. The van der Waals surface area contributed by atoms with Crippen molar-refractivity contribution >= 4 is 20.0 Å². The van der Waals surface area contributed by atoms with Crippen molar-refractivity contribution in [2.45, 2.75) is 37.6 Å². The van der Waals surface area contributed by atoms with E-state index in [1.165, 1.54) is 0 Å². The van der Waals surface area contributed by atoms with Crippen LogP contribution in [0.15, 0.2) is 0 Å². The summed E-state index contributed by atoms with van der Waals surface area (Å²) in [5.74, 6) is -0.713. The number of nitrogens with one attached hydrogen (secondary N) is 1. The summed E-state index contributed by atoms with van der Waals surface area (Å²) in [5.41, 5.74) is 0. The van der Waals surface area contributed by atoms with Crippen molar-refractivity contribution in [1.29, 1.82) is 0 Å². The van der Waals surface area contributed by atoms with Crippen LogP contribution < -0.4 is 5.32 Å². The molecule has 0 aromatic carbocycles. The Balaban J connectivity index is 4.77. The van der Waals surface area contributed by atoms with Gasteiger partial charge in [0.15, 0.2) is 6.29 Å². The SMILES string of the molecule is CC(=O)N[C@@H](C=O)[C@@H](O)[C@H](O)C(O)C(O)OP(=O)(O)O. The Labute approximate surface area is 113 Å². The zero-order chi connectivity index (χ0) is 16.1. The third-order valence-electron chi connectivity index (χ3n) is 2.12. The molecule has 1 amide bonds. The van der Waals surface area contributed by atoms with E-state index in [0.29, 0.717) is 0 Å². The molecule has 0 spiro atoms. The number of phosphoric acid groups is 1. The monoisotopic (exact) mass is 317 g/mol. The van der Waals surface area contributed by atoms with Gasteiger partial charge >= 0.3 is 7.82 Å². The van der Waals surface area contributed by atoms with E-state index in [4.69, 9.17) is 14.9 Å². The fourth-order valence-corrected chi connectivity index (χ4v) is 1.63. The summed E-state index contributed by atoms with van der Waals surface area (Å²) in [6.45, 7) is 1.03. The minimum absolute atomic E-state index is 0.0677. The molecule has 0 heterocycles. The molecule has 2 unspecified atom stereocenters. The standard InChI is InChI=1S/C8H16NO10P/c1-3(11)9-4(2-10)5(12)6(13)7(14)8(15)19-20(16,17)18/h2,4-8,12-15H,1H3,(H,9,11)(H2,16,17,18)/t4-,5+,6-,7?,8?/m0/s1. The molecule has 12 heteroatoms. The molecular formula is C8H16NO10P. The molecule has 20 heavy (non-hydrogen) atoms. The Hall–Kier alpha value is -0.910. The largest absolute Gasteiger partial charge is 0.472 e. The van der Waals surface area contributed by atoms with E-state index in [2.05, 4.69) is 4.52 Å². The van der Waals surface area contributed by atoms with Crippen molar-refractivity contribution in [2.24, 2.45) is 0 Å². The molecule has 0 aromatic heterocycles. The number of carbonyl (C=O) groups excluding carboxylic acids is 2. The van der Waals surface area contributed by atoms with Gasteiger partial charge in [-0.25, -0.2) is 4.57 Å². The van der Waals surface area contributed by atoms with Crippen molar-refractivity contribution in [1.82, 2.24) is 5.32 Å². The molecule has 5 atom stereocenters. The van der Waals surface area contributed by atoms with Crippen molar-refractivity contribution in [2.75, 3.05) is 0 Å². The van der Waals surface area contributed by atoms with E-state index in [9.17, 15) is 29.5 Å². The minimum Gasteiger partial charge on any atom is -0.388 e. The van der Waals surface area contributed by atoms with Crippen LogP contribution in [0.5, 0.6) is 0 Å². The first-order valence-corrected chi connectivity index (χ1v) is 6.71. The number of aliphatic hydroxyl groups is 4. The van der Waals surface area contributed by atoms with Crippen LogP contribution in [0.3, 0.4) is 0 Å². The van der Waals surface area contributed by atoms with Gasteiger partial charge in [0.05, 0.1) is 0 Å². The number of rotatable bonds is 8. The molecule has 0 aliphatic carbocycles. The maximum absolute atomic E-state index is 10.7. The highest BCUT2D eigenvalue weighted by Gasteiger charge is 2.38.